The van der Waals surface area contributed by atoms with Gasteiger partial charge in [0.1, 0.15) is 6.61 Å². The van der Waals surface area contributed by atoms with Gasteiger partial charge >= 0.3 is 12.3 Å². The molecule has 0 aromatic heterocycles. The summed E-state index contributed by atoms with van der Waals surface area (Å²) in [6.07, 6.45) is -3.73. The first-order valence-electron chi connectivity index (χ1n) is 4.60. The zero-order chi connectivity index (χ0) is 13.1. The first-order valence-corrected chi connectivity index (χ1v) is 5.39. The lowest BCUT2D eigenvalue weighted by atomic mass is 10.2. The molecule has 0 saturated carbocycles. The second-order valence-electron chi connectivity index (χ2n) is 3.45. The number of rotatable bonds is 5. The number of hydrogen-bond donors (Lipinski definition) is 1. The van der Waals surface area contributed by atoms with Crippen LogP contribution in [-0.2, 0) is 11.3 Å². The fourth-order valence-electron chi connectivity index (χ4n) is 1.13. The van der Waals surface area contributed by atoms with Gasteiger partial charge in [0.2, 0.25) is 0 Å². The van der Waals surface area contributed by atoms with Gasteiger partial charge in [0.25, 0.3) is 0 Å². The van der Waals surface area contributed by atoms with Crippen LogP contribution in [-0.4, -0.2) is 19.0 Å². The van der Waals surface area contributed by atoms with Crippen molar-refractivity contribution in [2.45, 2.75) is 19.0 Å². The normalized spacial score (nSPS) is 12.1. The Hall–Kier alpha value is -0.820. The van der Waals surface area contributed by atoms with E-state index in [4.69, 9.17) is 5.73 Å². The summed E-state index contributed by atoms with van der Waals surface area (Å²) < 4.78 is 53.8. The van der Waals surface area contributed by atoms with Gasteiger partial charge in [0.15, 0.2) is 0 Å². The average molecular weight is 316 g/mol. The third-order valence-corrected chi connectivity index (χ3v) is 2.32. The molecule has 0 amide bonds. The van der Waals surface area contributed by atoms with Gasteiger partial charge in [-0.25, -0.2) is 8.78 Å². The molecule has 1 aromatic rings. The van der Waals surface area contributed by atoms with E-state index in [9.17, 15) is 17.6 Å². The number of hydrogen-bond acceptors (Lipinski definition) is 2. The minimum atomic E-state index is -4.13. The van der Waals surface area contributed by atoms with Crippen molar-refractivity contribution in [3.05, 3.63) is 28.2 Å². The predicted molar refractivity (Wildman–Crippen MR) is 59.2 cm³/mol. The molecule has 96 valence electrons. The van der Waals surface area contributed by atoms with Crippen molar-refractivity contribution in [3.8, 4) is 0 Å². The molecular formula is C10H10BrF4NO. The third kappa shape index (κ3) is 4.51. The Morgan fingerprint density at radius 2 is 1.94 bits per heavy atom. The van der Waals surface area contributed by atoms with Crippen molar-refractivity contribution in [1.29, 1.82) is 0 Å². The van der Waals surface area contributed by atoms with Crippen LogP contribution in [0, 0.1) is 0 Å². The predicted octanol–water partition coefficient (Wildman–Crippen LogP) is 3.45. The Balaban J connectivity index is 2.51. The molecular weight excluding hydrogens is 306 g/mol. The van der Waals surface area contributed by atoms with Crippen molar-refractivity contribution in [2.75, 3.05) is 12.3 Å². The lowest BCUT2D eigenvalue weighted by molar-refractivity contribution is -0.168. The summed E-state index contributed by atoms with van der Waals surface area (Å²) in [4.78, 5) is 0. The lowest BCUT2D eigenvalue weighted by Crippen LogP contribution is -2.32. The molecule has 0 spiro atoms. The van der Waals surface area contributed by atoms with E-state index in [1.807, 2.05) is 0 Å². The fourth-order valence-corrected chi connectivity index (χ4v) is 1.69. The molecule has 1 rings (SSSR count). The van der Waals surface area contributed by atoms with Crippen LogP contribution < -0.4 is 5.73 Å². The summed E-state index contributed by atoms with van der Waals surface area (Å²) in [7, 11) is 0. The number of benzene rings is 1. The Bertz CT molecular complexity index is 366. The van der Waals surface area contributed by atoms with Gasteiger partial charge in [-0.2, -0.15) is 8.78 Å². The van der Waals surface area contributed by atoms with Crippen molar-refractivity contribution < 1.29 is 22.3 Å². The van der Waals surface area contributed by atoms with Crippen LogP contribution in [0.1, 0.15) is 5.56 Å². The van der Waals surface area contributed by atoms with Crippen LogP contribution in [0.2, 0.25) is 0 Å². The molecule has 0 saturated heterocycles. The highest BCUT2D eigenvalue weighted by Crippen LogP contribution is 2.24. The molecule has 1 aromatic carbocycles. The second kappa shape index (κ2) is 5.68. The van der Waals surface area contributed by atoms with Gasteiger partial charge in [0.05, 0.1) is 6.61 Å². The number of nitrogens with two attached hydrogens (primary N) is 1. The molecule has 0 aliphatic carbocycles. The van der Waals surface area contributed by atoms with Crippen LogP contribution in [0.3, 0.4) is 0 Å². The molecule has 0 radical (unpaired) electrons. The maximum Gasteiger partial charge on any atom is 0.330 e. The maximum absolute atomic E-state index is 12.5. The van der Waals surface area contributed by atoms with Crippen LogP contribution in [0.5, 0.6) is 0 Å². The Labute approximate surface area is 104 Å². The Morgan fingerprint density at radius 1 is 1.29 bits per heavy atom. The molecule has 0 aliphatic rings. The first-order chi connectivity index (χ1) is 7.81. The minimum Gasteiger partial charge on any atom is -0.399 e. The van der Waals surface area contributed by atoms with Gasteiger partial charge in [-0.3, -0.25) is 0 Å². The van der Waals surface area contributed by atoms with Crippen LogP contribution >= 0.6 is 15.9 Å². The highest BCUT2D eigenvalue weighted by Gasteiger charge is 2.40. The molecule has 7 heteroatoms. The smallest absolute Gasteiger partial charge is 0.330 e. The Kier molecular flexibility index (Phi) is 4.76. The van der Waals surface area contributed by atoms with Crippen LogP contribution in [0.4, 0.5) is 23.2 Å². The van der Waals surface area contributed by atoms with Crippen molar-refractivity contribution >= 4 is 21.6 Å². The van der Waals surface area contributed by atoms with Crippen LogP contribution in [0.15, 0.2) is 22.7 Å². The topological polar surface area (TPSA) is 35.2 Å². The van der Waals surface area contributed by atoms with E-state index in [-0.39, 0.29) is 6.61 Å². The maximum atomic E-state index is 12.5. The molecule has 0 fully saturated rings. The summed E-state index contributed by atoms with van der Waals surface area (Å²) in [5.41, 5.74) is 6.47. The largest absolute Gasteiger partial charge is 0.399 e. The quantitative estimate of drug-likeness (QED) is 0.667. The summed E-state index contributed by atoms with van der Waals surface area (Å²) in [6, 6.07) is 4.75. The fraction of sp³-hybridized carbons (Fsp3) is 0.400. The van der Waals surface area contributed by atoms with E-state index in [1.165, 1.54) is 6.07 Å². The van der Waals surface area contributed by atoms with Gasteiger partial charge in [0, 0.05) is 10.2 Å². The highest BCUT2D eigenvalue weighted by atomic mass is 79.9. The molecule has 2 nitrogen and oxygen atoms in total. The molecule has 0 unspecified atom stereocenters. The van der Waals surface area contributed by atoms with Crippen molar-refractivity contribution in [3.63, 3.8) is 0 Å². The minimum absolute atomic E-state index is 0.202. The number of ether oxygens (including phenoxy) is 1. The van der Waals surface area contributed by atoms with E-state index < -0.39 is 19.0 Å². The number of alkyl halides is 4. The number of halogens is 5. The molecule has 0 atom stereocenters. The highest BCUT2D eigenvalue weighted by molar-refractivity contribution is 9.10. The summed E-state index contributed by atoms with van der Waals surface area (Å²) in [5.74, 6) is -4.13. The van der Waals surface area contributed by atoms with E-state index in [2.05, 4.69) is 20.7 Å². The average Bonchev–Trinajstić information content (AvgIpc) is 2.15. The van der Waals surface area contributed by atoms with Gasteiger partial charge in [-0.05, 0) is 23.8 Å². The third-order valence-electron chi connectivity index (χ3n) is 1.86. The summed E-state index contributed by atoms with van der Waals surface area (Å²) in [6.45, 7) is -1.52. The van der Waals surface area contributed by atoms with E-state index in [0.29, 0.717) is 15.7 Å². The van der Waals surface area contributed by atoms with Gasteiger partial charge < -0.3 is 10.5 Å². The zero-order valence-corrected chi connectivity index (χ0v) is 10.2. The summed E-state index contributed by atoms with van der Waals surface area (Å²) in [5, 5.41) is 0. The number of anilines is 1. The van der Waals surface area contributed by atoms with E-state index >= 15 is 0 Å². The van der Waals surface area contributed by atoms with E-state index in [0.717, 1.165) is 0 Å². The SMILES string of the molecule is Nc1cc(Br)cc(COCC(F)(F)C(F)F)c1. The second-order valence-corrected chi connectivity index (χ2v) is 4.36. The van der Waals surface area contributed by atoms with Crippen molar-refractivity contribution in [2.24, 2.45) is 0 Å². The molecule has 0 heterocycles. The first kappa shape index (κ1) is 14.2. The molecule has 0 aliphatic heterocycles. The van der Waals surface area contributed by atoms with Gasteiger partial charge in [-0.1, -0.05) is 15.9 Å². The number of nitrogen functional groups attached to an aromatic ring is 1. The molecule has 2 N–H and O–H groups in total. The lowest BCUT2D eigenvalue weighted by Gasteiger charge is -2.15. The Morgan fingerprint density at radius 3 is 2.47 bits per heavy atom. The molecule has 0 bridgehead atoms. The monoisotopic (exact) mass is 315 g/mol. The molecule has 17 heavy (non-hydrogen) atoms. The van der Waals surface area contributed by atoms with E-state index in [1.54, 1.807) is 12.1 Å². The summed E-state index contributed by atoms with van der Waals surface area (Å²) >= 11 is 3.16. The standard InChI is InChI=1S/C10H10BrF4NO/c11-7-1-6(2-8(16)3-7)4-17-5-10(14,15)9(12)13/h1-3,9H,4-5,16H2. The van der Waals surface area contributed by atoms with Crippen molar-refractivity contribution in [1.82, 2.24) is 0 Å². The van der Waals surface area contributed by atoms with Gasteiger partial charge in [-0.15, -0.1) is 0 Å². The van der Waals surface area contributed by atoms with Crippen LogP contribution in [0.25, 0.3) is 0 Å². The zero-order valence-electron chi connectivity index (χ0n) is 8.60.